The largest absolute Gasteiger partial charge is 0.508 e. The van der Waals surface area contributed by atoms with E-state index < -0.39 is 0 Å². The maximum absolute atomic E-state index is 12.3. The number of piperazine rings is 1. The van der Waals surface area contributed by atoms with Crippen LogP contribution in [0, 0.1) is 0 Å². The van der Waals surface area contributed by atoms with Crippen LogP contribution < -0.4 is 5.32 Å². The molecule has 7 nitrogen and oxygen atoms in total. The summed E-state index contributed by atoms with van der Waals surface area (Å²) in [5.74, 6) is 1.53. The second kappa shape index (κ2) is 10.3. The van der Waals surface area contributed by atoms with Gasteiger partial charge in [0.15, 0.2) is 5.96 Å². The summed E-state index contributed by atoms with van der Waals surface area (Å²) in [4.78, 5) is 23.3. The molecule has 3 rings (SSSR count). The molecule has 2 saturated heterocycles. The van der Waals surface area contributed by atoms with Crippen molar-refractivity contribution >= 4 is 11.9 Å². The topological polar surface area (TPSA) is 71.4 Å². The molecule has 2 aliphatic rings. The fourth-order valence-electron chi connectivity index (χ4n) is 3.86. The predicted octanol–water partition coefficient (Wildman–Crippen LogP) is 1.14. The number of guanidine groups is 1. The number of phenols is 1. The molecule has 1 amide bonds. The van der Waals surface area contributed by atoms with Gasteiger partial charge in [-0.1, -0.05) is 12.1 Å². The zero-order chi connectivity index (χ0) is 19.8. The third-order valence-corrected chi connectivity index (χ3v) is 5.56. The number of nitrogens with zero attached hydrogens (tertiary/aromatic N) is 4. The maximum Gasteiger partial charge on any atom is 0.236 e. The SMILES string of the molecule is CN=C(NCCCc1ccc(O)cc1)N1CCN(CC(=O)N2CCCC2)CC1. The molecule has 0 aromatic heterocycles. The van der Waals surface area contributed by atoms with Crippen LogP contribution in [-0.4, -0.2) is 91.1 Å². The molecule has 1 aromatic carbocycles. The van der Waals surface area contributed by atoms with E-state index in [9.17, 15) is 9.90 Å². The van der Waals surface area contributed by atoms with Crippen molar-refractivity contribution in [1.82, 2.24) is 20.0 Å². The summed E-state index contributed by atoms with van der Waals surface area (Å²) in [6.45, 7) is 6.85. The molecule has 0 spiro atoms. The van der Waals surface area contributed by atoms with Crippen LogP contribution in [0.4, 0.5) is 0 Å². The Morgan fingerprint density at radius 2 is 1.71 bits per heavy atom. The van der Waals surface area contributed by atoms with E-state index in [1.54, 1.807) is 12.1 Å². The Morgan fingerprint density at radius 1 is 1.04 bits per heavy atom. The monoisotopic (exact) mass is 387 g/mol. The van der Waals surface area contributed by atoms with Gasteiger partial charge in [-0.2, -0.15) is 0 Å². The van der Waals surface area contributed by atoms with Crippen molar-refractivity contribution in [2.24, 2.45) is 4.99 Å². The van der Waals surface area contributed by atoms with E-state index in [-0.39, 0.29) is 5.91 Å². The van der Waals surface area contributed by atoms with E-state index in [0.717, 1.165) is 77.5 Å². The molecule has 0 bridgehead atoms. The van der Waals surface area contributed by atoms with Crippen LogP contribution in [0.5, 0.6) is 5.75 Å². The Kier molecular flexibility index (Phi) is 7.54. The lowest BCUT2D eigenvalue weighted by molar-refractivity contribution is -0.131. The van der Waals surface area contributed by atoms with Crippen molar-refractivity contribution < 1.29 is 9.90 Å². The molecule has 0 atom stereocenters. The second-order valence-electron chi connectivity index (χ2n) is 7.60. The van der Waals surface area contributed by atoms with Gasteiger partial charge in [0.05, 0.1) is 6.54 Å². The molecule has 2 heterocycles. The minimum Gasteiger partial charge on any atom is -0.508 e. The van der Waals surface area contributed by atoms with Crippen molar-refractivity contribution in [1.29, 1.82) is 0 Å². The average molecular weight is 388 g/mol. The summed E-state index contributed by atoms with van der Waals surface area (Å²) in [6.07, 6.45) is 4.27. The van der Waals surface area contributed by atoms with Crippen LogP contribution >= 0.6 is 0 Å². The van der Waals surface area contributed by atoms with E-state index in [2.05, 4.69) is 20.1 Å². The first-order valence-electron chi connectivity index (χ1n) is 10.4. The number of aliphatic imine (C=N–C) groups is 1. The molecule has 154 valence electrons. The second-order valence-corrected chi connectivity index (χ2v) is 7.60. The molecule has 28 heavy (non-hydrogen) atoms. The van der Waals surface area contributed by atoms with Crippen molar-refractivity contribution in [3.8, 4) is 5.75 Å². The van der Waals surface area contributed by atoms with Gasteiger partial charge in [0.2, 0.25) is 5.91 Å². The normalized spacial score (nSPS) is 18.5. The minimum atomic E-state index is 0.280. The van der Waals surface area contributed by atoms with Gasteiger partial charge in [-0.25, -0.2) is 0 Å². The number of aromatic hydroxyl groups is 1. The third-order valence-electron chi connectivity index (χ3n) is 5.56. The Balaban J connectivity index is 1.35. The minimum absolute atomic E-state index is 0.280. The number of hydrogen-bond donors (Lipinski definition) is 2. The van der Waals surface area contributed by atoms with Crippen molar-refractivity contribution in [3.63, 3.8) is 0 Å². The fraction of sp³-hybridized carbons (Fsp3) is 0.619. The van der Waals surface area contributed by atoms with Gasteiger partial charge in [-0.3, -0.25) is 14.7 Å². The Morgan fingerprint density at radius 3 is 2.36 bits per heavy atom. The number of carbonyl (C=O) groups excluding carboxylic acids is 1. The molecule has 0 unspecified atom stereocenters. The van der Waals surface area contributed by atoms with Crippen molar-refractivity contribution in [2.45, 2.75) is 25.7 Å². The average Bonchev–Trinajstić information content (AvgIpc) is 3.25. The number of phenolic OH excluding ortho intramolecular Hbond substituents is 1. The lowest BCUT2D eigenvalue weighted by Gasteiger charge is -2.36. The van der Waals surface area contributed by atoms with Crippen LogP contribution in [0.1, 0.15) is 24.8 Å². The van der Waals surface area contributed by atoms with E-state index in [4.69, 9.17) is 0 Å². The molecule has 7 heteroatoms. The van der Waals surface area contributed by atoms with Gasteiger partial charge in [0, 0.05) is 52.9 Å². The van der Waals surface area contributed by atoms with Gasteiger partial charge in [-0.05, 0) is 43.4 Å². The Labute approximate surface area is 168 Å². The first-order chi connectivity index (χ1) is 13.7. The highest BCUT2D eigenvalue weighted by Gasteiger charge is 2.24. The fourth-order valence-corrected chi connectivity index (χ4v) is 3.86. The van der Waals surface area contributed by atoms with E-state index in [0.29, 0.717) is 12.3 Å². The maximum atomic E-state index is 12.3. The quantitative estimate of drug-likeness (QED) is 0.435. The standard InChI is InChI=1S/C21H33N5O2/c1-22-21(23-10-4-5-18-6-8-19(27)9-7-18)26-15-13-24(14-16-26)17-20(28)25-11-2-3-12-25/h6-9,27H,2-5,10-17H2,1H3,(H,22,23). The van der Waals surface area contributed by atoms with Crippen LogP contribution in [-0.2, 0) is 11.2 Å². The highest BCUT2D eigenvalue weighted by atomic mass is 16.3. The highest BCUT2D eigenvalue weighted by molar-refractivity contribution is 5.80. The molecule has 1 aromatic rings. The van der Waals surface area contributed by atoms with Crippen molar-refractivity contribution in [3.05, 3.63) is 29.8 Å². The molecule has 2 N–H and O–H groups in total. The summed E-state index contributed by atoms with van der Waals surface area (Å²) < 4.78 is 0. The lowest BCUT2D eigenvalue weighted by Crippen LogP contribution is -2.54. The molecule has 2 aliphatic heterocycles. The van der Waals surface area contributed by atoms with E-state index in [1.807, 2.05) is 24.1 Å². The van der Waals surface area contributed by atoms with Gasteiger partial charge < -0.3 is 20.2 Å². The molecular weight excluding hydrogens is 354 g/mol. The molecule has 2 fully saturated rings. The number of likely N-dealkylation sites (tertiary alicyclic amines) is 1. The third kappa shape index (κ3) is 5.86. The van der Waals surface area contributed by atoms with Crippen LogP contribution in [0.2, 0.25) is 0 Å². The van der Waals surface area contributed by atoms with Crippen molar-refractivity contribution in [2.75, 3.05) is 59.4 Å². The van der Waals surface area contributed by atoms with Crippen LogP contribution in [0.15, 0.2) is 29.3 Å². The number of amides is 1. The number of aryl methyl sites for hydroxylation is 1. The Bertz CT molecular complexity index is 647. The van der Waals surface area contributed by atoms with Crippen LogP contribution in [0.3, 0.4) is 0 Å². The summed E-state index contributed by atoms with van der Waals surface area (Å²) in [5.41, 5.74) is 1.23. The highest BCUT2D eigenvalue weighted by Crippen LogP contribution is 2.11. The summed E-state index contributed by atoms with van der Waals surface area (Å²) in [7, 11) is 1.82. The number of hydrogen-bond acceptors (Lipinski definition) is 4. The molecule has 0 saturated carbocycles. The van der Waals surface area contributed by atoms with E-state index in [1.165, 1.54) is 5.56 Å². The van der Waals surface area contributed by atoms with Gasteiger partial charge >= 0.3 is 0 Å². The summed E-state index contributed by atoms with van der Waals surface area (Å²) >= 11 is 0. The lowest BCUT2D eigenvalue weighted by atomic mass is 10.1. The van der Waals surface area contributed by atoms with E-state index >= 15 is 0 Å². The first-order valence-corrected chi connectivity index (χ1v) is 10.4. The van der Waals surface area contributed by atoms with Gasteiger partial charge in [0.1, 0.15) is 5.75 Å². The molecular formula is C21H33N5O2. The summed E-state index contributed by atoms with van der Waals surface area (Å²) in [5, 5.41) is 12.8. The zero-order valence-corrected chi connectivity index (χ0v) is 16.9. The predicted molar refractivity (Wildman–Crippen MR) is 112 cm³/mol. The number of nitrogens with one attached hydrogen (secondary N) is 1. The van der Waals surface area contributed by atoms with Crippen LogP contribution in [0.25, 0.3) is 0 Å². The number of carbonyl (C=O) groups is 1. The zero-order valence-electron chi connectivity index (χ0n) is 16.9. The molecule has 0 radical (unpaired) electrons. The first kappa shape index (κ1) is 20.5. The molecule has 0 aliphatic carbocycles. The smallest absolute Gasteiger partial charge is 0.236 e. The number of rotatable bonds is 6. The van der Waals surface area contributed by atoms with Gasteiger partial charge in [0.25, 0.3) is 0 Å². The Hall–Kier alpha value is -2.28. The summed E-state index contributed by atoms with van der Waals surface area (Å²) in [6, 6.07) is 7.39. The van der Waals surface area contributed by atoms with Gasteiger partial charge in [-0.15, -0.1) is 0 Å². The number of benzene rings is 1.